The maximum absolute atomic E-state index is 5.74. The van der Waals surface area contributed by atoms with Crippen LogP contribution in [0.5, 0.6) is 5.88 Å². The summed E-state index contributed by atoms with van der Waals surface area (Å²) >= 11 is 0. The minimum Gasteiger partial charge on any atom is -0.477 e. The molecule has 0 aromatic carbocycles. The summed E-state index contributed by atoms with van der Waals surface area (Å²) in [6, 6.07) is 0. The van der Waals surface area contributed by atoms with Crippen molar-refractivity contribution >= 4 is 5.95 Å². The molecule has 1 aliphatic rings. The summed E-state index contributed by atoms with van der Waals surface area (Å²) in [5.41, 5.74) is 0.963. The summed E-state index contributed by atoms with van der Waals surface area (Å²) < 4.78 is 11.0. The van der Waals surface area contributed by atoms with Crippen molar-refractivity contribution < 1.29 is 9.47 Å². The standard InChI is InChI=1S/C12H19N3O2/c1-3-13-12-14-6-9(2)11(15-12)17-8-10-4-5-16-7-10/h6,10H,3-5,7-8H2,1-2H3,(H,13,14,15). The second kappa shape index (κ2) is 5.82. The van der Waals surface area contributed by atoms with E-state index in [9.17, 15) is 0 Å². The Bertz CT molecular complexity index is 365. The molecule has 5 nitrogen and oxygen atoms in total. The predicted octanol–water partition coefficient (Wildman–Crippen LogP) is 1.63. The molecule has 0 spiro atoms. The zero-order valence-electron chi connectivity index (χ0n) is 10.4. The fraction of sp³-hybridized carbons (Fsp3) is 0.667. The number of nitrogens with zero attached hydrogens (tertiary/aromatic N) is 2. The van der Waals surface area contributed by atoms with Crippen LogP contribution in [0.2, 0.25) is 0 Å². The van der Waals surface area contributed by atoms with Gasteiger partial charge in [0.2, 0.25) is 11.8 Å². The monoisotopic (exact) mass is 237 g/mol. The van der Waals surface area contributed by atoms with E-state index in [-0.39, 0.29) is 0 Å². The number of ether oxygens (including phenoxy) is 2. The zero-order valence-corrected chi connectivity index (χ0v) is 10.4. The lowest BCUT2D eigenvalue weighted by Crippen LogP contribution is -2.13. The topological polar surface area (TPSA) is 56.3 Å². The Morgan fingerprint density at radius 1 is 1.59 bits per heavy atom. The predicted molar refractivity (Wildman–Crippen MR) is 65.4 cm³/mol. The average Bonchev–Trinajstić information content (AvgIpc) is 2.83. The second-order valence-corrected chi connectivity index (χ2v) is 4.25. The lowest BCUT2D eigenvalue weighted by Gasteiger charge is -2.12. The van der Waals surface area contributed by atoms with Crippen LogP contribution in [-0.2, 0) is 4.74 Å². The molecule has 1 unspecified atom stereocenters. The molecule has 2 rings (SSSR count). The number of nitrogens with one attached hydrogen (secondary N) is 1. The molecule has 5 heteroatoms. The van der Waals surface area contributed by atoms with Gasteiger partial charge in [0.1, 0.15) is 0 Å². The number of anilines is 1. The third-order valence-electron chi connectivity index (χ3n) is 2.74. The molecule has 1 N–H and O–H groups in total. The van der Waals surface area contributed by atoms with Gasteiger partial charge in [0.25, 0.3) is 0 Å². The van der Waals surface area contributed by atoms with Gasteiger partial charge in [0, 0.05) is 30.8 Å². The summed E-state index contributed by atoms with van der Waals surface area (Å²) in [7, 11) is 0. The van der Waals surface area contributed by atoms with E-state index in [1.54, 1.807) is 6.20 Å². The molecular formula is C12H19N3O2. The van der Waals surface area contributed by atoms with Crippen molar-refractivity contribution in [1.29, 1.82) is 0 Å². The molecule has 0 amide bonds. The van der Waals surface area contributed by atoms with Crippen LogP contribution in [0, 0.1) is 12.8 Å². The second-order valence-electron chi connectivity index (χ2n) is 4.25. The minimum atomic E-state index is 0.493. The highest BCUT2D eigenvalue weighted by molar-refractivity contribution is 5.32. The Balaban J connectivity index is 1.95. The smallest absolute Gasteiger partial charge is 0.225 e. The Kier molecular flexibility index (Phi) is 4.14. The maximum atomic E-state index is 5.74. The van der Waals surface area contributed by atoms with E-state index in [0.29, 0.717) is 24.4 Å². The van der Waals surface area contributed by atoms with Crippen LogP contribution < -0.4 is 10.1 Å². The summed E-state index contributed by atoms with van der Waals surface area (Å²) in [5, 5.41) is 3.08. The van der Waals surface area contributed by atoms with Crippen LogP contribution in [0.1, 0.15) is 18.9 Å². The van der Waals surface area contributed by atoms with E-state index in [0.717, 1.165) is 31.7 Å². The molecule has 94 valence electrons. The van der Waals surface area contributed by atoms with Crippen molar-refractivity contribution in [1.82, 2.24) is 9.97 Å². The van der Waals surface area contributed by atoms with Gasteiger partial charge in [-0.1, -0.05) is 0 Å². The van der Waals surface area contributed by atoms with E-state index >= 15 is 0 Å². The molecule has 0 bridgehead atoms. The Hall–Kier alpha value is -1.36. The SMILES string of the molecule is CCNc1ncc(C)c(OCC2CCOC2)n1. The molecular weight excluding hydrogens is 218 g/mol. The van der Waals surface area contributed by atoms with E-state index in [1.165, 1.54) is 0 Å². The quantitative estimate of drug-likeness (QED) is 0.843. The van der Waals surface area contributed by atoms with E-state index in [2.05, 4.69) is 15.3 Å². The number of aryl methyl sites for hydroxylation is 1. The lowest BCUT2D eigenvalue weighted by molar-refractivity contribution is 0.165. The molecule has 2 heterocycles. The number of aromatic nitrogens is 2. The van der Waals surface area contributed by atoms with Crippen molar-refractivity contribution in [2.75, 3.05) is 31.7 Å². The van der Waals surface area contributed by atoms with Crippen LogP contribution in [0.25, 0.3) is 0 Å². The highest BCUT2D eigenvalue weighted by Gasteiger charge is 2.17. The van der Waals surface area contributed by atoms with Gasteiger partial charge < -0.3 is 14.8 Å². The van der Waals surface area contributed by atoms with E-state index in [4.69, 9.17) is 9.47 Å². The maximum Gasteiger partial charge on any atom is 0.225 e. The van der Waals surface area contributed by atoms with Crippen molar-refractivity contribution in [3.63, 3.8) is 0 Å². The van der Waals surface area contributed by atoms with Crippen LogP contribution in [0.15, 0.2) is 6.20 Å². The fourth-order valence-electron chi connectivity index (χ4n) is 1.73. The molecule has 1 aromatic rings. The summed E-state index contributed by atoms with van der Waals surface area (Å²) in [4.78, 5) is 8.52. The number of rotatable bonds is 5. The molecule has 1 saturated heterocycles. The van der Waals surface area contributed by atoms with Gasteiger partial charge in [-0.2, -0.15) is 4.98 Å². The van der Waals surface area contributed by atoms with Gasteiger partial charge >= 0.3 is 0 Å². The molecule has 1 aromatic heterocycles. The van der Waals surface area contributed by atoms with Crippen LogP contribution >= 0.6 is 0 Å². The molecule has 1 fully saturated rings. The normalized spacial score (nSPS) is 19.3. The first-order valence-electron chi connectivity index (χ1n) is 6.07. The highest BCUT2D eigenvalue weighted by Crippen LogP contribution is 2.18. The van der Waals surface area contributed by atoms with Crippen LogP contribution in [0.3, 0.4) is 0 Å². The van der Waals surface area contributed by atoms with Gasteiger partial charge in [-0.05, 0) is 20.3 Å². The van der Waals surface area contributed by atoms with Gasteiger partial charge in [0.15, 0.2) is 0 Å². The number of hydrogen-bond acceptors (Lipinski definition) is 5. The Morgan fingerprint density at radius 2 is 2.47 bits per heavy atom. The lowest BCUT2D eigenvalue weighted by atomic mass is 10.1. The molecule has 17 heavy (non-hydrogen) atoms. The summed E-state index contributed by atoms with van der Waals surface area (Å²) in [5.74, 6) is 1.78. The Labute approximate surface area is 102 Å². The molecule has 1 atom stereocenters. The van der Waals surface area contributed by atoms with Crippen molar-refractivity contribution in [2.24, 2.45) is 5.92 Å². The van der Waals surface area contributed by atoms with Crippen LogP contribution in [0.4, 0.5) is 5.95 Å². The number of hydrogen-bond donors (Lipinski definition) is 1. The Morgan fingerprint density at radius 3 is 3.18 bits per heavy atom. The van der Waals surface area contributed by atoms with Crippen LogP contribution in [-0.4, -0.2) is 36.3 Å². The van der Waals surface area contributed by atoms with Crippen molar-refractivity contribution in [3.8, 4) is 5.88 Å². The van der Waals surface area contributed by atoms with Gasteiger partial charge in [-0.25, -0.2) is 4.98 Å². The molecule has 0 saturated carbocycles. The third kappa shape index (κ3) is 3.30. The highest BCUT2D eigenvalue weighted by atomic mass is 16.5. The molecule has 0 radical (unpaired) electrons. The summed E-state index contributed by atoms with van der Waals surface area (Å²) in [6.07, 6.45) is 2.86. The average molecular weight is 237 g/mol. The first kappa shape index (κ1) is 12.1. The van der Waals surface area contributed by atoms with E-state index in [1.807, 2.05) is 13.8 Å². The third-order valence-corrected chi connectivity index (χ3v) is 2.74. The first-order chi connectivity index (χ1) is 8.29. The van der Waals surface area contributed by atoms with Gasteiger partial charge in [0.05, 0.1) is 13.2 Å². The first-order valence-corrected chi connectivity index (χ1v) is 6.07. The van der Waals surface area contributed by atoms with Gasteiger partial charge in [-0.3, -0.25) is 0 Å². The summed E-state index contributed by atoms with van der Waals surface area (Å²) in [6.45, 7) is 7.09. The molecule has 1 aliphatic heterocycles. The zero-order chi connectivity index (χ0) is 12.1. The largest absolute Gasteiger partial charge is 0.477 e. The molecule has 0 aliphatic carbocycles. The fourth-order valence-corrected chi connectivity index (χ4v) is 1.73. The van der Waals surface area contributed by atoms with Crippen molar-refractivity contribution in [2.45, 2.75) is 20.3 Å². The van der Waals surface area contributed by atoms with E-state index < -0.39 is 0 Å². The van der Waals surface area contributed by atoms with Gasteiger partial charge in [-0.15, -0.1) is 0 Å². The van der Waals surface area contributed by atoms with Crippen molar-refractivity contribution in [3.05, 3.63) is 11.8 Å². The minimum absolute atomic E-state index is 0.493.